The second-order valence-corrected chi connectivity index (χ2v) is 8.06. The van der Waals surface area contributed by atoms with Crippen molar-refractivity contribution in [1.82, 2.24) is 24.6 Å². The summed E-state index contributed by atoms with van der Waals surface area (Å²) in [6.07, 6.45) is 5.64. The Hall–Kier alpha value is -3.82. The molecule has 5 rings (SSSR count). The van der Waals surface area contributed by atoms with Crippen LogP contribution >= 0.6 is 0 Å². The molecule has 0 bridgehead atoms. The number of carbonyl (C=O) groups excluding carboxylic acids is 1. The molecule has 0 atom stereocenters. The fourth-order valence-corrected chi connectivity index (χ4v) is 3.86. The summed E-state index contributed by atoms with van der Waals surface area (Å²) in [5, 5.41) is 8.57. The molecule has 0 unspecified atom stereocenters. The van der Waals surface area contributed by atoms with Gasteiger partial charge in [-0.1, -0.05) is 12.1 Å². The van der Waals surface area contributed by atoms with Crippen molar-refractivity contribution in [1.29, 1.82) is 0 Å². The Labute approximate surface area is 197 Å². The minimum Gasteiger partial charge on any atom is -0.383 e. The maximum absolute atomic E-state index is 12.6. The molecule has 1 amide bonds. The lowest BCUT2D eigenvalue weighted by atomic mass is 10.1. The largest absolute Gasteiger partial charge is 0.383 e. The summed E-state index contributed by atoms with van der Waals surface area (Å²) < 4.78 is 12.3. The van der Waals surface area contributed by atoms with Crippen LogP contribution in [0.1, 0.15) is 10.4 Å². The van der Waals surface area contributed by atoms with E-state index >= 15 is 0 Å². The third-order valence-corrected chi connectivity index (χ3v) is 5.76. The van der Waals surface area contributed by atoms with Gasteiger partial charge in [-0.25, -0.2) is 9.97 Å². The molecule has 2 aromatic heterocycles. The predicted molar refractivity (Wildman–Crippen MR) is 129 cm³/mol. The summed E-state index contributed by atoms with van der Waals surface area (Å²) >= 11 is 0. The lowest BCUT2D eigenvalue weighted by Gasteiger charge is -2.26. The molecule has 1 N–H and O–H groups in total. The zero-order valence-electron chi connectivity index (χ0n) is 19.0. The van der Waals surface area contributed by atoms with E-state index in [2.05, 4.69) is 20.4 Å². The van der Waals surface area contributed by atoms with Crippen LogP contribution in [-0.2, 0) is 16.0 Å². The fourth-order valence-electron chi connectivity index (χ4n) is 3.86. The van der Waals surface area contributed by atoms with Gasteiger partial charge in [-0.2, -0.15) is 5.10 Å². The van der Waals surface area contributed by atoms with E-state index in [4.69, 9.17) is 9.47 Å². The van der Waals surface area contributed by atoms with Crippen LogP contribution in [0.15, 0.2) is 61.1 Å². The first-order valence-electron chi connectivity index (χ1n) is 11.2. The van der Waals surface area contributed by atoms with Gasteiger partial charge < -0.3 is 19.7 Å². The highest BCUT2D eigenvalue weighted by Crippen LogP contribution is 2.24. The van der Waals surface area contributed by atoms with Crippen molar-refractivity contribution >= 4 is 28.4 Å². The molecule has 9 nitrogen and oxygen atoms in total. The third kappa shape index (κ3) is 4.90. The van der Waals surface area contributed by atoms with Crippen molar-refractivity contribution in [3.8, 4) is 11.1 Å². The number of nitrogens with one attached hydrogen (secondary N) is 1. The van der Waals surface area contributed by atoms with Gasteiger partial charge in [0, 0.05) is 54.8 Å². The van der Waals surface area contributed by atoms with Crippen LogP contribution in [0.3, 0.4) is 0 Å². The van der Waals surface area contributed by atoms with Crippen molar-refractivity contribution < 1.29 is 14.3 Å². The Morgan fingerprint density at radius 2 is 1.91 bits per heavy atom. The Bertz CT molecular complexity index is 1280. The number of aromatic nitrogens is 4. The van der Waals surface area contributed by atoms with Gasteiger partial charge in [-0.05, 0) is 35.9 Å². The van der Waals surface area contributed by atoms with E-state index in [0.717, 1.165) is 27.7 Å². The van der Waals surface area contributed by atoms with Gasteiger partial charge in [0.25, 0.3) is 5.91 Å². The van der Waals surface area contributed by atoms with Gasteiger partial charge in [-0.3, -0.25) is 9.48 Å². The monoisotopic (exact) mass is 458 g/mol. The molecule has 174 valence electrons. The first-order chi connectivity index (χ1) is 16.7. The molecular formula is C25H26N6O3. The van der Waals surface area contributed by atoms with Crippen LogP contribution in [0.2, 0.25) is 0 Å². The van der Waals surface area contributed by atoms with E-state index in [0.29, 0.717) is 51.0 Å². The number of methoxy groups -OCH3 is 1. The van der Waals surface area contributed by atoms with Crippen LogP contribution in [0, 0.1) is 0 Å². The first-order valence-corrected chi connectivity index (χ1v) is 11.2. The molecular weight excluding hydrogens is 432 g/mol. The summed E-state index contributed by atoms with van der Waals surface area (Å²) in [5.41, 5.74) is 4.35. The predicted octanol–water partition coefficient (Wildman–Crippen LogP) is 3.36. The van der Waals surface area contributed by atoms with Crippen molar-refractivity contribution in [2.45, 2.75) is 6.54 Å². The number of fused-ring (bicyclic) bond motifs is 1. The summed E-state index contributed by atoms with van der Waals surface area (Å²) in [6.45, 7) is 3.74. The highest BCUT2D eigenvalue weighted by atomic mass is 16.5. The number of carbonyl (C=O) groups is 1. The molecule has 1 aliphatic rings. The highest BCUT2D eigenvalue weighted by molar-refractivity contribution is 5.94. The van der Waals surface area contributed by atoms with E-state index in [9.17, 15) is 4.79 Å². The number of amides is 1. The molecule has 3 heterocycles. The summed E-state index contributed by atoms with van der Waals surface area (Å²) in [4.78, 5) is 23.6. The second kappa shape index (κ2) is 9.98. The van der Waals surface area contributed by atoms with E-state index < -0.39 is 0 Å². The number of anilines is 2. The zero-order chi connectivity index (χ0) is 23.3. The third-order valence-electron chi connectivity index (χ3n) is 5.76. The number of hydrogen-bond acceptors (Lipinski definition) is 7. The van der Waals surface area contributed by atoms with Crippen LogP contribution in [-0.4, -0.2) is 70.6 Å². The summed E-state index contributed by atoms with van der Waals surface area (Å²) in [6, 6.07) is 13.5. The second-order valence-electron chi connectivity index (χ2n) is 8.06. The molecule has 1 fully saturated rings. The highest BCUT2D eigenvalue weighted by Gasteiger charge is 2.18. The van der Waals surface area contributed by atoms with Crippen molar-refractivity contribution in [2.24, 2.45) is 0 Å². The molecule has 1 saturated heterocycles. The standard InChI is InChI=1S/C25H26N6O3/c1-33-11-10-31-17-21(16-27-31)19-2-3-20-15-26-25(29-23(20)14-19)28-22-6-4-18(5-7-22)24(32)30-8-12-34-13-9-30/h2-7,14-17H,8-13H2,1H3,(H,26,28,29). The number of rotatable bonds is 7. The number of ether oxygens (including phenoxy) is 2. The number of nitrogens with zero attached hydrogens (tertiary/aromatic N) is 5. The lowest BCUT2D eigenvalue weighted by Crippen LogP contribution is -2.40. The molecule has 1 aliphatic heterocycles. The Balaban J connectivity index is 1.31. The van der Waals surface area contributed by atoms with E-state index in [1.54, 1.807) is 13.3 Å². The maximum Gasteiger partial charge on any atom is 0.254 e. The topological polar surface area (TPSA) is 94.4 Å². The Kier molecular flexibility index (Phi) is 6.46. The fraction of sp³-hybridized carbons (Fsp3) is 0.280. The quantitative estimate of drug-likeness (QED) is 0.454. The Morgan fingerprint density at radius 3 is 2.71 bits per heavy atom. The SMILES string of the molecule is COCCn1cc(-c2ccc3cnc(Nc4ccc(C(=O)N5CCOCC5)cc4)nc3c2)cn1. The number of hydrogen-bond donors (Lipinski definition) is 1. The van der Waals surface area contributed by atoms with Gasteiger partial charge >= 0.3 is 0 Å². The van der Waals surface area contributed by atoms with Gasteiger partial charge in [0.05, 0.1) is 38.1 Å². The number of morpholine rings is 1. The van der Waals surface area contributed by atoms with Crippen molar-refractivity contribution in [2.75, 3.05) is 45.3 Å². The molecule has 34 heavy (non-hydrogen) atoms. The molecule has 9 heteroatoms. The molecule has 0 saturated carbocycles. The van der Waals surface area contributed by atoms with Crippen LogP contribution < -0.4 is 5.32 Å². The number of benzene rings is 2. The van der Waals surface area contributed by atoms with Crippen LogP contribution in [0.5, 0.6) is 0 Å². The van der Waals surface area contributed by atoms with Crippen LogP contribution in [0.4, 0.5) is 11.6 Å². The average Bonchev–Trinajstić information content (AvgIpc) is 3.37. The smallest absolute Gasteiger partial charge is 0.254 e. The maximum atomic E-state index is 12.6. The van der Waals surface area contributed by atoms with Crippen molar-refractivity contribution in [3.63, 3.8) is 0 Å². The van der Waals surface area contributed by atoms with Crippen LogP contribution in [0.25, 0.3) is 22.0 Å². The molecule has 0 spiro atoms. The average molecular weight is 459 g/mol. The minimum atomic E-state index is 0.0230. The van der Waals surface area contributed by atoms with Gasteiger partial charge in [0.1, 0.15) is 0 Å². The normalized spacial score (nSPS) is 13.9. The summed E-state index contributed by atoms with van der Waals surface area (Å²) in [7, 11) is 1.68. The van der Waals surface area contributed by atoms with Gasteiger partial charge in [-0.15, -0.1) is 0 Å². The molecule has 2 aromatic carbocycles. The lowest BCUT2D eigenvalue weighted by molar-refractivity contribution is 0.0303. The Morgan fingerprint density at radius 1 is 1.09 bits per heavy atom. The molecule has 0 aliphatic carbocycles. The van der Waals surface area contributed by atoms with Crippen molar-refractivity contribution in [3.05, 3.63) is 66.6 Å². The van der Waals surface area contributed by atoms with E-state index in [1.807, 2.05) is 64.4 Å². The molecule has 4 aromatic rings. The zero-order valence-corrected chi connectivity index (χ0v) is 19.0. The first kappa shape index (κ1) is 22.0. The molecule has 0 radical (unpaired) electrons. The van der Waals surface area contributed by atoms with E-state index in [1.165, 1.54) is 0 Å². The van der Waals surface area contributed by atoms with Gasteiger partial charge in [0.15, 0.2) is 0 Å². The van der Waals surface area contributed by atoms with Gasteiger partial charge in [0.2, 0.25) is 5.95 Å². The minimum absolute atomic E-state index is 0.0230. The van der Waals surface area contributed by atoms with E-state index in [-0.39, 0.29) is 5.91 Å². The summed E-state index contributed by atoms with van der Waals surface area (Å²) in [5.74, 6) is 0.516.